The van der Waals surface area contributed by atoms with Gasteiger partial charge in [0.05, 0.1) is 11.4 Å². The van der Waals surface area contributed by atoms with E-state index in [-0.39, 0.29) is 0 Å². The first kappa shape index (κ1) is 17.6. The Kier molecular flexibility index (Phi) is 4.93. The summed E-state index contributed by atoms with van der Waals surface area (Å²) in [6.45, 7) is 3.31. The lowest BCUT2D eigenvalue weighted by Gasteiger charge is -2.32. The van der Waals surface area contributed by atoms with Crippen molar-refractivity contribution in [2.75, 3.05) is 13.1 Å². The first-order valence-corrected chi connectivity index (χ1v) is 10.4. The number of pyridine rings is 1. The Morgan fingerprint density at radius 2 is 1.79 bits per heavy atom. The van der Waals surface area contributed by atoms with E-state index in [1.54, 1.807) is 0 Å². The van der Waals surface area contributed by atoms with Crippen LogP contribution in [0.2, 0.25) is 0 Å². The van der Waals surface area contributed by atoms with E-state index in [2.05, 4.69) is 39.6 Å². The van der Waals surface area contributed by atoms with Gasteiger partial charge in [-0.05, 0) is 63.0 Å². The van der Waals surface area contributed by atoms with E-state index in [1.807, 2.05) is 41.3 Å². The second-order valence-electron chi connectivity index (χ2n) is 7.95. The molecule has 28 heavy (non-hydrogen) atoms. The molecule has 5 rings (SSSR count). The van der Waals surface area contributed by atoms with Gasteiger partial charge in [-0.15, -0.1) is 0 Å². The van der Waals surface area contributed by atoms with Gasteiger partial charge in [0.25, 0.3) is 0 Å². The molecule has 144 valence electrons. The average Bonchev–Trinajstić information content (AvgIpc) is 3.53. The van der Waals surface area contributed by atoms with Gasteiger partial charge in [0.15, 0.2) is 0 Å². The number of hydrogen-bond acceptors (Lipinski definition) is 4. The van der Waals surface area contributed by atoms with Gasteiger partial charge in [-0.25, -0.2) is 4.68 Å². The van der Waals surface area contributed by atoms with Crippen LogP contribution in [0.25, 0.3) is 16.9 Å². The number of likely N-dealkylation sites (tertiary alicyclic amines) is 1. The maximum Gasteiger partial charge on any atom is 0.0988 e. The molecule has 0 bridgehead atoms. The molecule has 0 spiro atoms. The molecule has 0 radical (unpaired) electrons. The first-order valence-electron chi connectivity index (χ1n) is 10.4. The fourth-order valence-electron chi connectivity index (χ4n) is 4.16. The Labute approximate surface area is 166 Å². The van der Waals surface area contributed by atoms with Crippen molar-refractivity contribution in [3.63, 3.8) is 0 Å². The van der Waals surface area contributed by atoms with Crippen LogP contribution in [-0.4, -0.2) is 44.8 Å². The van der Waals surface area contributed by atoms with Crippen molar-refractivity contribution in [1.82, 2.24) is 25.0 Å². The van der Waals surface area contributed by atoms with Gasteiger partial charge in [0, 0.05) is 48.3 Å². The highest BCUT2D eigenvalue weighted by Gasteiger charge is 2.31. The minimum Gasteiger partial charge on any atom is -0.310 e. The van der Waals surface area contributed by atoms with Crippen LogP contribution in [0.15, 0.2) is 61.1 Å². The van der Waals surface area contributed by atoms with E-state index < -0.39 is 0 Å². The van der Waals surface area contributed by atoms with Gasteiger partial charge < -0.3 is 10.2 Å². The van der Waals surface area contributed by atoms with Crippen molar-refractivity contribution in [1.29, 1.82) is 0 Å². The van der Waals surface area contributed by atoms with Crippen LogP contribution in [0, 0.1) is 0 Å². The van der Waals surface area contributed by atoms with Crippen molar-refractivity contribution in [3.8, 4) is 16.9 Å². The maximum absolute atomic E-state index is 4.89. The quantitative estimate of drug-likeness (QED) is 0.716. The highest BCUT2D eigenvalue weighted by atomic mass is 15.3. The Morgan fingerprint density at radius 1 is 0.964 bits per heavy atom. The molecule has 5 nitrogen and oxygen atoms in total. The first-order chi connectivity index (χ1) is 13.9. The lowest BCUT2D eigenvalue weighted by Crippen LogP contribution is -2.43. The zero-order chi connectivity index (χ0) is 18.8. The van der Waals surface area contributed by atoms with E-state index in [4.69, 9.17) is 5.10 Å². The Bertz CT molecular complexity index is 893. The normalized spacial score (nSPS) is 18.4. The van der Waals surface area contributed by atoms with Gasteiger partial charge in [-0.3, -0.25) is 4.98 Å². The van der Waals surface area contributed by atoms with Crippen LogP contribution >= 0.6 is 0 Å². The molecule has 2 aromatic heterocycles. The largest absolute Gasteiger partial charge is 0.310 e. The minimum atomic E-state index is 0.594. The molecular weight excluding hydrogens is 346 g/mol. The third-order valence-electron chi connectivity index (χ3n) is 5.92. The SMILES string of the molecule is c1ccc(-n2cc(CNC3CCN(C4CC4)CC3)c(-c3cccnc3)n2)cc1. The monoisotopic (exact) mass is 373 g/mol. The van der Waals surface area contributed by atoms with Crippen molar-refractivity contribution < 1.29 is 0 Å². The van der Waals surface area contributed by atoms with Crippen molar-refractivity contribution in [2.24, 2.45) is 0 Å². The number of nitrogens with zero attached hydrogens (tertiary/aromatic N) is 4. The summed E-state index contributed by atoms with van der Waals surface area (Å²) in [5.41, 5.74) is 4.38. The molecule has 1 aliphatic heterocycles. The number of para-hydroxylation sites is 1. The molecule has 0 atom stereocenters. The summed E-state index contributed by atoms with van der Waals surface area (Å²) in [7, 11) is 0. The molecule has 1 aromatic carbocycles. The molecular formula is C23H27N5. The molecule has 3 aromatic rings. The van der Waals surface area contributed by atoms with Gasteiger partial charge >= 0.3 is 0 Å². The van der Waals surface area contributed by atoms with E-state index in [1.165, 1.54) is 44.3 Å². The zero-order valence-electron chi connectivity index (χ0n) is 16.2. The molecule has 3 heterocycles. The van der Waals surface area contributed by atoms with Gasteiger partial charge in [-0.2, -0.15) is 5.10 Å². The van der Waals surface area contributed by atoms with E-state index in [9.17, 15) is 0 Å². The summed E-state index contributed by atoms with van der Waals surface area (Å²) in [5, 5.41) is 8.68. The summed E-state index contributed by atoms with van der Waals surface area (Å²) < 4.78 is 1.98. The second-order valence-corrected chi connectivity index (χ2v) is 7.95. The molecule has 2 fully saturated rings. The zero-order valence-corrected chi connectivity index (χ0v) is 16.2. The van der Waals surface area contributed by atoms with Crippen LogP contribution in [0.5, 0.6) is 0 Å². The summed E-state index contributed by atoms with van der Waals surface area (Å²) in [4.78, 5) is 6.96. The molecule has 0 unspecified atom stereocenters. The highest BCUT2D eigenvalue weighted by molar-refractivity contribution is 5.62. The molecule has 1 aliphatic carbocycles. The van der Waals surface area contributed by atoms with E-state index >= 15 is 0 Å². The standard InChI is InChI=1S/C23H27N5/c1-2-6-22(7-3-1)28-17-19(23(26-28)18-5-4-12-24-15-18)16-25-20-10-13-27(14-11-20)21-8-9-21/h1-7,12,15,17,20-21,25H,8-11,13-14,16H2. The number of piperidine rings is 1. The topological polar surface area (TPSA) is 46.0 Å². The summed E-state index contributed by atoms with van der Waals surface area (Å²) >= 11 is 0. The van der Waals surface area contributed by atoms with Crippen molar-refractivity contribution >= 4 is 0 Å². The molecule has 5 heteroatoms. The fraction of sp³-hybridized carbons (Fsp3) is 0.391. The predicted octanol–water partition coefficient (Wildman–Crippen LogP) is 3.65. The highest BCUT2D eigenvalue weighted by Crippen LogP contribution is 2.29. The Morgan fingerprint density at radius 3 is 2.50 bits per heavy atom. The lowest BCUT2D eigenvalue weighted by molar-refractivity contribution is 0.189. The number of hydrogen-bond donors (Lipinski definition) is 1. The smallest absolute Gasteiger partial charge is 0.0988 e. The lowest BCUT2D eigenvalue weighted by atomic mass is 10.0. The Balaban J connectivity index is 1.33. The van der Waals surface area contributed by atoms with Gasteiger partial charge in [-0.1, -0.05) is 18.2 Å². The molecule has 0 amide bonds. The van der Waals surface area contributed by atoms with E-state index in [0.29, 0.717) is 6.04 Å². The third-order valence-corrected chi connectivity index (χ3v) is 5.92. The maximum atomic E-state index is 4.89. The van der Waals surface area contributed by atoms with Gasteiger partial charge in [0.1, 0.15) is 0 Å². The second kappa shape index (κ2) is 7.86. The van der Waals surface area contributed by atoms with Crippen LogP contribution in [-0.2, 0) is 6.54 Å². The summed E-state index contributed by atoms with van der Waals surface area (Å²) in [5.74, 6) is 0. The molecule has 1 saturated carbocycles. The van der Waals surface area contributed by atoms with Crippen LogP contribution in [0.1, 0.15) is 31.2 Å². The number of benzene rings is 1. The summed E-state index contributed by atoms with van der Waals surface area (Å²) in [6, 6.07) is 15.9. The number of rotatable bonds is 6. The summed E-state index contributed by atoms with van der Waals surface area (Å²) in [6.07, 6.45) is 11.2. The van der Waals surface area contributed by atoms with Crippen LogP contribution in [0.3, 0.4) is 0 Å². The third kappa shape index (κ3) is 3.86. The van der Waals surface area contributed by atoms with Crippen molar-refractivity contribution in [2.45, 2.75) is 44.3 Å². The van der Waals surface area contributed by atoms with Crippen molar-refractivity contribution in [3.05, 3.63) is 66.6 Å². The number of nitrogens with one attached hydrogen (secondary N) is 1. The van der Waals surface area contributed by atoms with Crippen LogP contribution < -0.4 is 5.32 Å². The molecule has 1 saturated heterocycles. The fourth-order valence-corrected chi connectivity index (χ4v) is 4.16. The van der Waals surface area contributed by atoms with E-state index in [0.717, 1.165) is 29.5 Å². The Hall–Kier alpha value is -2.50. The predicted molar refractivity (Wildman–Crippen MR) is 111 cm³/mol. The van der Waals surface area contributed by atoms with Gasteiger partial charge in [0.2, 0.25) is 0 Å². The average molecular weight is 374 g/mol. The number of aromatic nitrogens is 3. The van der Waals surface area contributed by atoms with Crippen LogP contribution in [0.4, 0.5) is 0 Å². The molecule has 2 aliphatic rings. The molecule has 1 N–H and O–H groups in total. The minimum absolute atomic E-state index is 0.594.